The molecule has 4 N–H and O–H groups in total. The number of primary amides is 1. The third-order valence-electron chi connectivity index (χ3n) is 3.11. The lowest BCUT2D eigenvalue weighted by molar-refractivity contribution is -0.00517. The maximum absolute atomic E-state index is 11.3. The molecule has 0 radical (unpaired) electrons. The van der Waals surface area contributed by atoms with E-state index in [1.807, 2.05) is 19.9 Å². The van der Waals surface area contributed by atoms with Crippen LogP contribution < -0.4 is 16.4 Å². The SMILES string of the molecule is C[C@@H]1CN(c2cccc(C(N)=O)c2N)C[C@H](C)O1. The molecule has 5 nitrogen and oxygen atoms in total. The Labute approximate surface area is 107 Å². The highest BCUT2D eigenvalue weighted by Gasteiger charge is 2.24. The molecule has 2 atom stereocenters. The summed E-state index contributed by atoms with van der Waals surface area (Å²) in [6, 6.07) is 5.36. The van der Waals surface area contributed by atoms with Crippen LogP contribution in [0.2, 0.25) is 0 Å². The molecule has 2 rings (SSSR count). The fourth-order valence-electron chi connectivity index (χ4n) is 2.42. The number of rotatable bonds is 2. The first-order chi connectivity index (χ1) is 8.49. The normalized spacial score (nSPS) is 24.0. The number of hydrogen-bond acceptors (Lipinski definition) is 4. The summed E-state index contributed by atoms with van der Waals surface area (Å²) in [6.45, 7) is 5.57. The fourth-order valence-corrected chi connectivity index (χ4v) is 2.42. The zero-order valence-corrected chi connectivity index (χ0v) is 10.7. The third-order valence-corrected chi connectivity index (χ3v) is 3.11. The molecule has 0 saturated carbocycles. The molecule has 18 heavy (non-hydrogen) atoms. The van der Waals surface area contributed by atoms with Crippen molar-refractivity contribution in [1.82, 2.24) is 0 Å². The van der Waals surface area contributed by atoms with E-state index >= 15 is 0 Å². The van der Waals surface area contributed by atoms with Crippen molar-refractivity contribution in [2.24, 2.45) is 5.73 Å². The van der Waals surface area contributed by atoms with Crippen molar-refractivity contribution in [2.45, 2.75) is 26.1 Å². The molecule has 0 bridgehead atoms. The summed E-state index contributed by atoms with van der Waals surface area (Å²) in [6.07, 6.45) is 0.288. The van der Waals surface area contributed by atoms with E-state index in [4.69, 9.17) is 16.2 Å². The van der Waals surface area contributed by atoms with Gasteiger partial charge in [0.05, 0.1) is 29.1 Å². The second-order valence-corrected chi connectivity index (χ2v) is 4.76. The van der Waals surface area contributed by atoms with E-state index in [1.54, 1.807) is 12.1 Å². The van der Waals surface area contributed by atoms with Crippen LogP contribution in [-0.2, 0) is 4.74 Å². The van der Waals surface area contributed by atoms with E-state index in [9.17, 15) is 4.79 Å². The van der Waals surface area contributed by atoms with Gasteiger partial charge in [-0.05, 0) is 26.0 Å². The summed E-state index contributed by atoms with van der Waals surface area (Å²) in [7, 11) is 0. The van der Waals surface area contributed by atoms with Crippen molar-refractivity contribution in [3.8, 4) is 0 Å². The Kier molecular flexibility index (Phi) is 3.43. The molecule has 98 valence electrons. The van der Waals surface area contributed by atoms with Crippen molar-refractivity contribution < 1.29 is 9.53 Å². The van der Waals surface area contributed by atoms with Gasteiger partial charge in [0.25, 0.3) is 5.91 Å². The molecular weight excluding hydrogens is 230 g/mol. The predicted octanol–water partition coefficient (Wildman–Crippen LogP) is 0.981. The highest BCUT2D eigenvalue weighted by atomic mass is 16.5. The van der Waals surface area contributed by atoms with Crippen LogP contribution in [0.1, 0.15) is 24.2 Å². The van der Waals surface area contributed by atoms with Crippen molar-refractivity contribution >= 4 is 17.3 Å². The molecule has 0 aromatic heterocycles. The lowest BCUT2D eigenvalue weighted by atomic mass is 10.1. The maximum atomic E-state index is 11.3. The number of amides is 1. The Morgan fingerprint density at radius 3 is 2.50 bits per heavy atom. The van der Waals surface area contributed by atoms with Crippen LogP contribution >= 0.6 is 0 Å². The molecular formula is C13H19N3O2. The Morgan fingerprint density at radius 1 is 1.33 bits per heavy atom. The van der Waals surface area contributed by atoms with E-state index in [2.05, 4.69) is 4.90 Å². The molecule has 1 fully saturated rings. The van der Waals surface area contributed by atoms with Gasteiger partial charge in [0, 0.05) is 13.1 Å². The largest absolute Gasteiger partial charge is 0.396 e. The summed E-state index contributed by atoms with van der Waals surface area (Å²) >= 11 is 0. The third kappa shape index (κ3) is 2.41. The number of nitrogen functional groups attached to an aromatic ring is 1. The van der Waals surface area contributed by atoms with Crippen LogP contribution in [0.5, 0.6) is 0 Å². The van der Waals surface area contributed by atoms with Gasteiger partial charge in [-0.15, -0.1) is 0 Å². The number of morpholine rings is 1. The number of ether oxygens (including phenoxy) is 1. The van der Waals surface area contributed by atoms with Crippen molar-refractivity contribution in [3.05, 3.63) is 23.8 Å². The number of nitrogens with two attached hydrogens (primary N) is 2. The molecule has 5 heteroatoms. The highest BCUT2D eigenvalue weighted by Crippen LogP contribution is 2.28. The molecule has 0 spiro atoms. The van der Waals surface area contributed by atoms with E-state index in [0.29, 0.717) is 11.3 Å². The molecule has 1 aliphatic rings. The monoisotopic (exact) mass is 249 g/mol. The smallest absolute Gasteiger partial charge is 0.250 e. The minimum atomic E-state index is -0.497. The molecule has 1 aromatic carbocycles. The highest BCUT2D eigenvalue weighted by molar-refractivity contribution is 6.00. The van der Waals surface area contributed by atoms with E-state index in [1.165, 1.54) is 0 Å². The van der Waals surface area contributed by atoms with Gasteiger partial charge in [-0.25, -0.2) is 0 Å². The number of carbonyl (C=O) groups is 1. The summed E-state index contributed by atoms with van der Waals surface area (Å²) in [5.41, 5.74) is 13.0. The number of anilines is 2. The van der Waals surface area contributed by atoms with Crippen LogP contribution in [-0.4, -0.2) is 31.2 Å². The first-order valence-electron chi connectivity index (χ1n) is 6.07. The van der Waals surface area contributed by atoms with Crippen molar-refractivity contribution in [2.75, 3.05) is 23.7 Å². The van der Waals surface area contributed by atoms with E-state index < -0.39 is 5.91 Å². The van der Waals surface area contributed by atoms with Crippen molar-refractivity contribution in [3.63, 3.8) is 0 Å². The average molecular weight is 249 g/mol. The quantitative estimate of drug-likeness (QED) is 0.765. The van der Waals surface area contributed by atoms with Crippen LogP contribution in [0.4, 0.5) is 11.4 Å². The Morgan fingerprint density at radius 2 is 1.94 bits per heavy atom. The van der Waals surface area contributed by atoms with Gasteiger partial charge >= 0.3 is 0 Å². The van der Waals surface area contributed by atoms with Crippen LogP contribution in [0.3, 0.4) is 0 Å². The number of nitrogens with zero attached hydrogens (tertiary/aromatic N) is 1. The van der Waals surface area contributed by atoms with Gasteiger partial charge in [-0.3, -0.25) is 4.79 Å². The Balaban J connectivity index is 2.33. The molecule has 1 aliphatic heterocycles. The predicted molar refractivity (Wildman–Crippen MR) is 71.6 cm³/mol. The topological polar surface area (TPSA) is 81.6 Å². The Bertz CT molecular complexity index is 452. The van der Waals surface area contributed by atoms with Gasteiger partial charge in [-0.2, -0.15) is 0 Å². The van der Waals surface area contributed by atoms with Gasteiger partial charge in [0.1, 0.15) is 0 Å². The summed E-state index contributed by atoms with van der Waals surface area (Å²) < 4.78 is 5.68. The zero-order valence-electron chi connectivity index (χ0n) is 10.7. The van der Waals surface area contributed by atoms with Gasteiger partial charge in [0.15, 0.2) is 0 Å². The minimum absolute atomic E-state index is 0.144. The van der Waals surface area contributed by atoms with E-state index in [-0.39, 0.29) is 12.2 Å². The first-order valence-corrected chi connectivity index (χ1v) is 6.07. The standard InChI is InChI=1S/C13H19N3O2/c1-8-6-16(7-9(2)18-8)11-5-3-4-10(12(11)14)13(15)17/h3-5,8-9H,6-7,14H2,1-2H3,(H2,15,17)/t8-,9+. The second kappa shape index (κ2) is 4.86. The van der Waals surface area contributed by atoms with Gasteiger partial charge in [-0.1, -0.05) is 6.07 Å². The molecule has 1 amide bonds. The molecule has 0 aliphatic carbocycles. The van der Waals surface area contributed by atoms with Crippen LogP contribution in [0.15, 0.2) is 18.2 Å². The average Bonchev–Trinajstić information content (AvgIpc) is 2.27. The van der Waals surface area contributed by atoms with Crippen LogP contribution in [0, 0.1) is 0 Å². The molecule has 1 saturated heterocycles. The summed E-state index contributed by atoms with van der Waals surface area (Å²) in [5.74, 6) is -0.497. The van der Waals surface area contributed by atoms with E-state index in [0.717, 1.165) is 18.8 Å². The summed E-state index contributed by atoms with van der Waals surface area (Å²) in [5, 5.41) is 0. The number of benzene rings is 1. The number of hydrogen-bond donors (Lipinski definition) is 2. The maximum Gasteiger partial charge on any atom is 0.250 e. The Hall–Kier alpha value is -1.75. The zero-order chi connectivity index (χ0) is 13.3. The fraction of sp³-hybridized carbons (Fsp3) is 0.462. The summed E-state index contributed by atoms with van der Waals surface area (Å²) in [4.78, 5) is 13.4. The second-order valence-electron chi connectivity index (χ2n) is 4.76. The number of para-hydroxylation sites is 1. The van der Waals surface area contributed by atoms with Crippen molar-refractivity contribution in [1.29, 1.82) is 0 Å². The van der Waals surface area contributed by atoms with Crippen LogP contribution in [0.25, 0.3) is 0 Å². The lowest BCUT2D eigenvalue weighted by Crippen LogP contribution is -2.45. The number of carbonyl (C=O) groups excluding carboxylic acids is 1. The van der Waals surface area contributed by atoms with Gasteiger partial charge in [0.2, 0.25) is 0 Å². The lowest BCUT2D eigenvalue weighted by Gasteiger charge is -2.37. The minimum Gasteiger partial charge on any atom is -0.396 e. The first kappa shape index (κ1) is 12.7. The molecule has 0 unspecified atom stereocenters. The van der Waals surface area contributed by atoms with Gasteiger partial charge < -0.3 is 21.1 Å². The molecule has 1 heterocycles. The molecule has 1 aromatic rings.